The maximum absolute atomic E-state index is 14.3. The molecule has 0 radical (unpaired) electrons. The van der Waals surface area contributed by atoms with Gasteiger partial charge in [0.25, 0.3) is 5.91 Å². The molecule has 2 aromatic heterocycles. The average molecular weight is 444 g/mol. The van der Waals surface area contributed by atoms with Crippen LogP contribution in [0.25, 0.3) is 5.65 Å². The Morgan fingerprint density at radius 3 is 2.93 bits per heavy atom. The molecule has 2 atom stereocenters. The summed E-state index contributed by atoms with van der Waals surface area (Å²) in [6.07, 6.45) is 1.06. The van der Waals surface area contributed by atoms with E-state index >= 15 is 0 Å². The summed E-state index contributed by atoms with van der Waals surface area (Å²) in [6, 6.07) is 10.6. The first kappa shape index (κ1) is 17.3. The fourth-order valence-corrected chi connectivity index (χ4v) is 4.20. The Hall–Kier alpha value is -2.81. The van der Waals surface area contributed by atoms with E-state index in [4.69, 9.17) is 0 Å². The number of alkyl halides is 1. The first-order valence-corrected chi connectivity index (χ1v) is 9.60. The van der Waals surface area contributed by atoms with Gasteiger partial charge in [-0.25, -0.2) is 8.91 Å². The quantitative estimate of drug-likeness (QED) is 0.674. The van der Waals surface area contributed by atoms with Crippen LogP contribution in [0.5, 0.6) is 0 Å². The molecule has 1 spiro atoms. The molecule has 1 saturated carbocycles. The van der Waals surface area contributed by atoms with Crippen molar-refractivity contribution in [3.8, 4) is 0 Å². The van der Waals surface area contributed by atoms with Gasteiger partial charge in [0.2, 0.25) is 11.9 Å². The van der Waals surface area contributed by atoms with Crippen molar-refractivity contribution in [3.05, 3.63) is 58.2 Å². The second-order valence-electron chi connectivity index (χ2n) is 7.17. The highest BCUT2D eigenvalue weighted by Crippen LogP contribution is 2.54. The monoisotopic (exact) mass is 443 g/mol. The van der Waals surface area contributed by atoms with Crippen LogP contribution < -0.4 is 5.32 Å². The topological polar surface area (TPSA) is 79.6 Å². The number of rotatable bonds is 3. The first-order chi connectivity index (χ1) is 13.5. The lowest BCUT2D eigenvalue weighted by molar-refractivity contribution is -0.117. The number of carbonyl (C=O) groups excluding carboxylic acids is 2. The summed E-state index contributed by atoms with van der Waals surface area (Å²) in [7, 11) is 0. The molecule has 0 unspecified atom stereocenters. The Kier molecular flexibility index (Phi) is 3.77. The lowest BCUT2D eigenvalue weighted by Crippen LogP contribution is -2.47. The van der Waals surface area contributed by atoms with Crippen LogP contribution in [0.3, 0.4) is 0 Å². The largest absolute Gasteiger partial charge is 0.328 e. The average Bonchev–Trinajstić information content (AvgIpc) is 3.12. The van der Waals surface area contributed by atoms with Gasteiger partial charge in [0, 0.05) is 28.2 Å². The molecule has 1 aliphatic carbocycles. The molecule has 7 nitrogen and oxygen atoms in total. The molecule has 1 fully saturated rings. The van der Waals surface area contributed by atoms with Gasteiger partial charge in [-0.3, -0.25) is 14.9 Å². The molecule has 28 heavy (non-hydrogen) atoms. The maximum Gasteiger partial charge on any atom is 0.254 e. The van der Waals surface area contributed by atoms with Crippen LogP contribution in [0, 0.1) is 0 Å². The van der Waals surface area contributed by atoms with Gasteiger partial charge < -0.3 is 4.90 Å². The number of hydrogen-bond donors (Lipinski definition) is 1. The summed E-state index contributed by atoms with van der Waals surface area (Å²) in [5, 5.41) is 6.78. The first-order valence-electron chi connectivity index (χ1n) is 8.81. The Labute approximate surface area is 167 Å². The molecular weight excluding hydrogens is 429 g/mol. The Morgan fingerprint density at radius 2 is 2.18 bits per heavy atom. The Morgan fingerprint density at radius 1 is 1.36 bits per heavy atom. The van der Waals surface area contributed by atoms with E-state index in [1.54, 1.807) is 35.0 Å². The predicted octanol–water partition coefficient (Wildman–Crippen LogP) is 2.57. The van der Waals surface area contributed by atoms with E-state index in [0.29, 0.717) is 17.6 Å². The molecular formula is C19H15BrFN5O2. The van der Waals surface area contributed by atoms with Crippen LogP contribution in [-0.4, -0.2) is 50.6 Å². The van der Waals surface area contributed by atoms with Gasteiger partial charge in [-0.15, -0.1) is 5.10 Å². The van der Waals surface area contributed by atoms with Crippen LogP contribution in [-0.2, 0) is 10.2 Å². The number of aromatic nitrogens is 3. The summed E-state index contributed by atoms with van der Waals surface area (Å²) in [6.45, 7) is 0.000821. The van der Waals surface area contributed by atoms with Gasteiger partial charge in [0.1, 0.15) is 12.7 Å². The Bertz CT molecular complexity index is 1100. The molecule has 5 rings (SSSR count). The molecule has 1 N–H and O–H groups in total. The molecule has 2 amide bonds. The number of fused-ring (bicyclic) bond motifs is 3. The van der Waals surface area contributed by atoms with E-state index in [-0.39, 0.29) is 24.9 Å². The van der Waals surface area contributed by atoms with Crippen LogP contribution in [0.2, 0.25) is 0 Å². The minimum Gasteiger partial charge on any atom is -0.328 e. The van der Waals surface area contributed by atoms with Gasteiger partial charge >= 0.3 is 0 Å². The number of hydrogen-bond acceptors (Lipinski definition) is 4. The van der Waals surface area contributed by atoms with E-state index < -0.39 is 17.5 Å². The maximum atomic E-state index is 14.3. The minimum absolute atomic E-state index is 0.162. The van der Waals surface area contributed by atoms with Crippen LogP contribution in [0.1, 0.15) is 22.3 Å². The number of amides is 2. The number of anilines is 1. The van der Waals surface area contributed by atoms with Crippen LogP contribution >= 0.6 is 15.9 Å². The molecule has 9 heteroatoms. The van der Waals surface area contributed by atoms with Crippen molar-refractivity contribution < 1.29 is 14.0 Å². The number of carbonyl (C=O) groups is 2. The zero-order valence-electron chi connectivity index (χ0n) is 14.6. The molecule has 3 aromatic rings. The van der Waals surface area contributed by atoms with E-state index in [1.165, 1.54) is 4.90 Å². The highest BCUT2D eigenvalue weighted by Gasteiger charge is 2.61. The highest BCUT2D eigenvalue weighted by molar-refractivity contribution is 9.10. The lowest BCUT2D eigenvalue weighted by Gasteiger charge is -2.34. The molecule has 142 valence electrons. The van der Waals surface area contributed by atoms with Crippen molar-refractivity contribution in [3.63, 3.8) is 0 Å². The van der Waals surface area contributed by atoms with Crippen molar-refractivity contribution >= 4 is 39.3 Å². The van der Waals surface area contributed by atoms with E-state index in [1.807, 2.05) is 12.1 Å². The van der Waals surface area contributed by atoms with E-state index in [2.05, 4.69) is 31.3 Å². The van der Waals surface area contributed by atoms with E-state index in [0.717, 1.165) is 10.0 Å². The fourth-order valence-electron chi connectivity index (χ4n) is 3.84. The molecule has 1 aliphatic heterocycles. The zero-order chi connectivity index (χ0) is 19.5. The molecule has 0 saturated heterocycles. The predicted molar refractivity (Wildman–Crippen MR) is 103 cm³/mol. The van der Waals surface area contributed by atoms with Crippen molar-refractivity contribution in [1.82, 2.24) is 19.5 Å². The van der Waals surface area contributed by atoms with Gasteiger partial charge in [0.05, 0.1) is 0 Å². The summed E-state index contributed by atoms with van der Waals surface area (Å²) in [4.78, 5) is 31.0. The normalized spacial score (nSPS) is 23.1. The minimum atomic E-state index is -1.01. The van der Waals surface area contributed by atoms with Gasteiger partial charge in [-0.1, -0.05) is 22.0 Å². The van der Waals surface area contributed by atoms with Crippen molar-refractivity contribution in [2.45, 2.75) is 18.0 Å². The van der Waals surface area contributed by atoms with Gasteiger partial charge in [0.15, 0.2) is 5.65 Å². The second kappa shape index (κ2) is 6.10. The van der Waals surface area contributed by atoms with Crippen LogP contribution in [0.4, 0.5) is 10.3 Å². The SMILES string of the molecule is O=C(CN1C[C@@]2(C[C@H]2F)c2cc(Br)ccc2C1=O)Nc1nc2ccccn2n1. The number of benzene rings is 1. The van der Waals surface area contributed by atoms with E-state index in [9.17, 15) is 14.0 Å². The van der Waals surface area contributed by atoms with Crippen molar-refractivity contribution in [2.75, 3.05) is 18.4 Å². The number of nitrogens with zero attached hydrogens (tertiary/aromatic N) is 4. The van der Waals surface area contributed by atoms with Crippen molar-refractivity contribution in [1.29, 1.82) is 0 Å². The van der Waals surface area contributed by atoms with Crippen molar-refractivity contribution in [2.24, 2.45) is 0 Å². The third-order valence-electron chi connectivity index (χ3n) is 5.32. The third-order valence-corrected chi connectivity index (χ3v) is 5.81. The highest BCUT2D eigenvalue weighted by atomic mass is 79.9. The van der Waals surface area contributed by atoms with Gasteiger partial charge in [-0.05, 0) is 42.3 Å². The molecule has 2 aliphatic rings. The number of nitrogens with one attached hydrogen (secondary N) is 1. The summed E-state index contributed by atoms with van der Waals surface area (Å²) in [5.74, 6) is -0.532. The zero-order valence-corrected chi connectivity index (χ0v) is 16.2. The third kappa shape index (κ3) is 2.69. The smallest absolute Gasteiger partial charge is 0.254 e. The summed E-state index contributed by atoms with van der Waals surface area (Å²) in [5.41, 5.74) is 1.06. The summed E-state index contributed by atoms with van der Waals surface area (Å²) < 4.78 is 16.6. The van der Waals surface area contributed by atoms with Crippen LogP contribution in [0.15, 0.2) is 47.1 Å². The summed E-state index contributed by atoms with van der Waals surface area (Å²) >= 11 is 3.39. The molecule has 1 aromatic carbocycles. The Balaban J connectivity index is 1.37. The standard InChI is InChI=1S/C19H15BrFN5O2/c20-11-4-5-12-13(7-11)19(8-14(19)21)10-25(17(12)28)9-16(27)23-18-22-15-3-1-2-6-26(15)24-18/h1-7,14H,8-10H2,(H,23,24,27)/t14-,19+/m1/s1. The number of halogens is 2. The number of pyridine rings is 1. The lowest BCUT2D eigenvalue weighted by atomic mass is 9.86. The molecule has 3 heterocycles. The fraction of sp³-hybridized carbons (Fsp3) is 0.263. The second-order valence-corrected chi connectivity index (χ2v) is 8.08. The molecule has 0 bridgehead atoms. The van der Waals surface area contributed by atoms with Gasteiger partial charge in [-0.2, -0.15) is 4.98 Å².